The molecule has 1 N–H and O–H groups in total. The molecule has 0 saturated heterocycles. The highest BCUT2D eigenvalue weighted by molar-refractivity contribution is 5.14. The Labute approximate surface area is 93.5 Å². The smallest absolute Gasteiger partial charge is 0.116 e. The van der Waals surface area contributed by atoms with E-state index in [4.69, 9.17) is 4.42 Å². The molecule has 0 saturated carbocycles. The van der Waals surface area contributed by atoms with E-state index in [2.05, 4.69) is 9.55 Å². The Hall–Kier alpha value is -1.55. The summed E-state index contributed by atoms with van der Waals surface area (Å²) < 4.78 is 7.42. The number of aliphatic hydroxyl groups is 1. The molecule has 0 spiro atoms. The van der Waals surface area contributed by atoms with Crippen LogP contribution in [0.5, 0.6) is 0 Å². The summed E-state index contributed by atoms with van der Waals surface area (Å²) in [5.41, 5.74) is 1.21. The summed E-state index contributed by atoms with van der Waals surface area (Å²) in [4.78, 5) is 4.40. The van der Waals surface area contributed by atoms with Gasteiger partial charge in [0.25, 0.3) is 0 Å². The first-order chi connectivity index (χ1) is 7.83. The van der Waals surface area contributed by atoms with E-state index < -0.39 is 0 Å². The van der Waals surface area contributed by atoms with E-state index in [-0.39, 0.29) is 6.10 Å². The van der Waals surface area contributed by atoms with Crippen LogP contribution in [0.2, 0.25) is 0 Å². The van der Waals surface area contributed by atoms with Crippen molar-refractivity contribution in [1.82, 2.24) is 9.55 Å². The van der Waals surface area contributed by atoms with Gasteiger partial charge in [-0.3, -0.25) is 0 Å². The lowest BCUT2D eigenvalue weighted by molar-refractivity contribution is 0.130. The average molecular weight is 218 g/mol. The van der Waals surface area contributed by atoms with E-state index >= 15 is 0 Å². The van der Waals surface area contributed by atoms with Crippen molar-refractivity contribution in [2.45, 2.75) is 31.9 Å². The van der Waals surface area contributed by atoms with Gasteiger partial charge in [-0.1, -0.05) is 0 Å². The number of aryl methyl sites for hydroxylation is 1. The first kappa shape index (κ1) is 9.66. The predicted molar refractivity (Wildman–Crippen MR) is 58.1 cm³/mol. The third-order valence-corrected chi connectivity index (χ3v) is 3.06. The van der Waals surface area contributed by atoms with E-state index in [1.54, 1.807) is 6.26 Å². The Morgan fingerprint density at radius 3 is 3.31 bits per heavy atom. The molecule has 84 valence electrons. The van der Waals surface area contributed by atoms with Crippen LogP contribution in [-0.2, 0) is 19.4 Å². The molecule has 0 radical (unpaired) electrons. The number of aromatic nitrogens is 2. The standard InChI is InChI=1S/C12H14N2O2/c15-10-4-3-9-7-13-12(14(9)8-10)6-11-2-1-5-16-11/h1-2,5,7,10,15H,3-4,6,8H2. The van der Waals surface area contributed by atoms with Crippen molar-refractivity contribution in [1.29, 1.82) is 0 Å². The molecular weight excluding hydrogens is 204 g/mol. The number of hydrogen-bond acceptors (Lipinski definition) is 3. The van der Waals surface area contributed by atoms with Gasteiger partial charge in [0.2, 0.25) is 0 Å². The summed E-state index contributed by atoms with van der Waals surface area (Å²) in [5.74, 6) is 1.89. The highest BCUT2D eigenvalue weighted by Crippen LogP contribution is 2.19. The molecular formula is C12H14N2O2. The SMILES string of the molecule is OC1CCc2cnc(Cc3ccco3)n2C1. The molecule has 0 fully saturated rings. The molecule has 2 aromatic rings. The second-order valence-electron chi connectivity index (χ2n) is 4.23. The lowest BCUT2D eigenvalue weighted by Crippen LogP contribution is -2.25. The second kappa shape index (κ2) is 3.79. The lowest BCUT2D eigenvalue weighted by Gasteiger charge is -2.21. The number of hydrogen-bond donors (Lipinski definition) is 1. The summed E-state index contributed by atoms with van der Waals surface area (Å²) in [6, 6.07) is 3.82. The highest BCUT2D eigenvalue weighted by Gasteiger charge is 2.19. The maximum absolute atomic E-state index is 9.65. The van der Waals surface area contributed by atoms with E-state index in [9.17, 15) is 5.11 Å². The average Bonchev–Trinajstić information content (AvgIpc) is 2.90. The molecule has 0 amide bonds. The molecule has 2 aromatic heterocycles. The second-order valence-corrected chi connectivity index (χ2v) is 4.23. The van der Waals surface area contributed by atoms with E-state index in [1.165, 1.54) is 5.69 Å². The quantitative estimate of drug-likeness (QED) is 0.828. The zero-order chi connectivity index (χ0) is 11.0. The molecule has 16 heavy (non-hydrogen) atoms. The molecule has 0 aromatic carbocycles. The minimum Gasteiger partial charge on any atom is -0.469 e. The molecule has 1 atom stereocenters. The Morgan fingerprint density at radius 1 is 1.56 bits per heavy atom. The molecule has 1 aliphatic heterocycles. The van der Waals surface area contributed by atoms with Gasteiger partial charge >= 0.3 is 0 Å². The van der Waals surface area contributed by atoms with E-state index in [0.29, 0.717) is 13.0 Å². The first-order valence-electron chi connectivity index (χ1n) is 5.56. The molecule has 1 unspecified atom stereocenters. The highest BCUT2D eigenvalue weighted by atomic mass is 16.3. The fourth-order valence-electron chi connectivity index (χ4n) is 2.20. The van der Waals surface area contributed by atoms with Crippen LogP contribution in [0.4, 0.5) is 0 Å². The number of nitrogens with zero attached hydrogens (tertiary/aromatic N) is 2. The van der Waals surface area contributed by atoms with Crippen LogP contribution < -0.4 is 0 Å². The molecule has 3 heterocycles. The van der Waals surface area contributed by atoms with Crippen molar-refractivity contribution in [3.05, 3.63) is 41.9 Å². The van der Waals surface area contributed by atoms with Crippen molar-refractivity contribution < 1.29 is 9.52 Å². The Balaban J connectivity index is 1.88. The third-order valence-electron chi connectivity index (χ3n) is 3.06. The fraction of sp³-hybridized carbons (Fsp3) is 0.417. The van der Waals surface area contributed by atoms with Gasteiger partial charge in [-0.2, -0.15) is 0 Å². The summed E-state index contributed by atoms with van der Waals surface area (Å²) in [6.45, 7) is 0.658. The van der Waals surface area contributed by atoms with Crippen LogP contribution in [0.25, 0.3) is 0 Å². The van der Waals surface area contributed by atoms with Gasteiger partial charge in [-0.05, 0) is 25.0 Å². The van der Waals surface area contributed by atoms with Crippen molar-refractivity contribution >= 4 is 0 Å². The van der Waals surface area contributed by atoms with Crippen LogP contribution in [0.3, 0.4) is 0 Å². The Kier molecular flexibility index (Phi) is 2.29. The summed E-state index contributed by atoms with van der Waals surface area (Å²) in [6.07, 6.45) is 5.78. The van der Waals surface area contributed by atoms with Gasteiger partial charge in [0.1, 0.15) is 11.6 Å². The molecule has 0 aliphatic carbocycles. The normalized spacial score (nSPS) is 19.7. The lowest BCUT2D eigenvalue weighted by atomic mass is 10.1. The number of imidazole rings is 1. The van der Waals surface area contributed by atoms with Gasteiger partial charge < -0.3 is 14.1 Å². The zero-order valence-electron chi connectivity index (χ0n) is 8.97. The van der Waals surface area contributed by atoms with Crippen molar-refractivity contribution in [3.63, 3.8) is 0 Å². The van der Waals surface area contributed by atoms with Crippen LogP contribution in [0, 0.1) is 0 Å². The molecule has 0 bridgehead atoms. The topological polar surface area (TPSA) is 51.2 Å². The first-order valence-corrected chi connectivity index (χ1v) is 5.56. The minimum atomic E-state index is -0.239. The largest absolute Gasteiger partial charge is 0.469 e. The maximum atomic E-state index is 9.65. The van der Waals surface area contributed by atoms with Crippen molar-refractivity contribution in [3.8, 4) is 0 Å². The zero-order valence-corrected chi connectivity index (χ0v) is 8.97. The summed E-state index contributed by atoms with van der Waals surface area (Å²) >= 11 is 0. The molecule has 1 aliphatic rings. The summed E-state index contributed by atoms with van der Waals surface area (Å²) in [5, 5.41) is 9.65. The van der Waals surface area contributed by atoms with Crippen LogP contribution in [0.1, 0.15) is 23.7 Å². The van der Waals surface area contributed by atoms with Gasteiger partial charge in [0, 0.05) is 11.9 Å². The number of rotatable bonds is 2. The molecule has 4 nitrogen and oxygen atoms in total. The molecule has 4 heteroatoms. The van der Waals surface area contributed by atoms with Crippen LogP contribution in [0.15, 0.2) is 29.0 Å². The number of aliphatic hydroxyl groups excluding tert-OH is 1. The van der Waals surface area contributed by atoms with Crippen LogP contribution in [-0.4, -0.2) is 20.8 Å². The minimum absolute atomic E-state index is 0.239. The van der Waals surface area contributed by atoms with E-state index in [0.717, 1.165) is 24.4 Å². The third kappa shape index (κ3) is 1.65. The monoisotopic (exact) mass is 218 g/mol. The molecule has 3 rings (SSSR count). The van der Waals surface area contributed by atoms with Gasteiger partial charge in [0.05, 0.1) is 25.3 Å². The fourth-order valence-corrected chi connectivity index (χ4v) is 2.20. The van der Waals surface area contributed by atoms with Gasteiger partial charge in [-0.15, -0.1) is 0 Å². The summed E-state index contributed by atoms with van der Waals surface area (Å²) in [7, 11) is 0. The van der Waals surface area contributed by atoms with Gasteiger partial charge in [-0.25, -0.2) is 4.98 Å². The predicted octanol–water partition coefficient (Wildman–Crippen LogP) is 1.37. The van der Waals surface area contributed by atoms with Crippen LogP contribution >= 0.6 is 0 Å². The van der Waals surface area contributed by atoms with E-state index in [1.807, 2.05) is 18.3 Å². The van der Waals surface area contributed by atoms with Gasteiger partial charge in [0.15, 0.2) is 0 Å². The Bertz CT molecular complexity index is 473. The maximum Gasteiger partial charge on any atom is 0.116 e. The number of furan rings is 1. The van der Waals surface area contributed by atoms with Crippen molar-refractivity contribution in [2.24, 2.45) is 0 Å². The Morgan fingerprint density at radius 2 is 2.50 bits per heavy atom. The van der Waals surface area contributed by atoms with Crippen molar-refractivity contribution in [2.75, 3.05) is 0 Å². The number of fused-ring (bicyclic) bond motifs is 1.